The summed E-state index contributed by atoms with van der Waals surface area (Å²) in [5, 5.41) is 18.7. The standard InChI is InChI=1S/C22H22N6O2S/c1-31(29,30)28-9-7-27(8-10-28)14-16-3-2-4-19-18(16)12-21(24-19)22-17-6-5-15(13-23)11-20(17)25-26-22/h2-6,11-12,24H,7-10,14H2,1H3,(H,25,26). The Morgan fingerprint density at radius 1 is 1.06 bits per heavy atom. The number of rotatable bonds is 4. The Hall–Kier alpha value is -3.19. The molecule has 0 amide bonds. The summed E-state index contributed by atoms with van der Waals surface area (Å²) in [6.07, 6.45) is 1.27. The zero-order chi connectivity index (χ0) is 21.6. The largest absolute Gasteiger partial charge is 0.353 e. The SMILES string of the molecule is CS(=O)(=O)N1CCN(Cc2cccc3[nH]c(-c4n[nH]c5cc(C#N)ccc45)cc23)CC1. The smallest absolute Gasteiger partial charge is 0.211 e. The van der Waals surface area contributed by atoms with Crippen LogP contribution in [0.3, 0.4) is 0 Å². The molecule has 5 rings (SSSR count). The number of aromatic nitrogens is 3. The first kappa shape index (κ1) is 19.8. The minimum Gasteiger partial charge on any atom is -0.353 e. The monoisotopic (exact) mass is 434 g/mol. The van der Waals surface area contributed by atoms with Gasteiger partial charge < -0.3 is 4.98 Å². The van der Waals surface area contributed by atoms with Gasteiger partial charge >= 0.3 is 0 Å². The fourth-order valence-electron chi connectivity index (χ4n) is 4.24. The lowest BCUT2D eigenvalue weighted by Gasteiger charge is -2.33. The van der Waals surface area contributed by atoms with E-state index in [1.165, 1.54) is 11.8 Å². The van der Waals surface area contributed by atoms with Crippen molar-refractivity contribution >= 4 is 31.8 Å². The van der Waals surface area contributed by atoms with Crippen LogP contribution in [0, 0.1) is 11.3 Å². The molecule has 1 aliphatic heterocycles. The summed E-state index contributed by atoms with van der Waals surface area (Å²) in [6, 6.07) is 16.0. The number of hydrogen-bond donors (Lipinski definition) is 2. The normalized spacial score (nSPS) is 16.1. The zero-order valence-electron chi connectivity index (χ0n) is 17.1. The van der Waals surface area contributed by atoms with Gasteiger partial charge in [0, 0.05) is 49.0 Å². The summed E-state index contributed by atoms with van der Waals surface area (Å²) in [5.41, 5.74) is 5.39. The first-order chi connectivity index (χ1) is 14.9. The second-order valence-electron chi connectivity index (χ2n) is 7.94. The quantitative estimate of drug-likeness (QED) is 0.513. The molecule has 3 heterocycles. The molecule has 8 nitrogen and oxygen atoms in total. The average molecular weight is 435 g/mol. The van der Waals surface area contributed by atoms with Crippen LogP contribution in [0.5, 0.6) is 0 Å². The second kappa shape index (κ2) is 7.50. The number of nitriles is 1. The number of H-pyrrole nitrogens is 2. The number of piperazine rings is 1. The van der Waals surface area contributed by atoms with Crippen molar-refractivity contribution in [3.63, 3.8) is 0 Å². The molecular formula is C22H22N6O2S. The average Bonchev–Trinajstić information content (AvgIpc) is 3.37. The molecule has 31 heavy (non-hydrogen) atoms. The van der Waals surface area contributed by atoms with Gasteiger partial charge in [-0.2, -0.15) is 14.7 Å². The highest BCUT2D eigenvalue weighted by Gasteiger charge is 2.23. The van der Waals surface area contributed by atoms with Gasteiger partial charge in [-0.15, -0.1) is 0 Å². The summed E-state index contributed by atoms with van der Waals surface area (Å²) >= 11 is 0. The van der Waals surface area contributed by atoms with Crippen molar-refractivity contribution < 1.29 is 8.42 Å². The van der Waals surface area contributed by atoms with Crippen LogP contribution < -0.4 is 0 Å². The molecule has 1 fully saturated rings. The Morgan fingerprint density at radius 3 is 2.61 bits per heavy atom. The molecule has 9 heteroatoms. The van der Waals surface area contributed by atoms with Crippen molar-refractivity contribution in [1.82, 2.24) is 24.4 Å². The lowest BCUT2D eigenvalue weighted by Crippen LogP contribution is -2.47. The summed E-state index contributed by atoms with van der Waals surface area (Å²) in [5.74, 6) is 0. The fourth-order valence-corrected chi connectivity index (χ4v) is 5.06. The Labute approximate surface area is 180 Å². The number of fused-ring (bicyclic) bond motifs is 2. The lowest BCUT2D eigenvalue weighted by atomic mass is 10.1. The van der Waals surface area contributed by atoms with E-state index < -0.39 is 10.0 Å². The van der Waals surface area contributed by atoms with Crippen molar-refractivity contribution in [2.45, 2.75) is 6.54 Å². The Balaban J connectivity index is 1.43. The summed E-state index contributed by atoms with van der Waals surface area (Å²) in [7, 11) is -3.13. The predicted octanol–water partition coefficient (Wildman–Crippen LogP) is 2.66. The molecule has 0 spiro atoms. The molecule has 2 aromatic carbocycles. The molecule has 0 radical (unpaired) electrons. The van der Waals surface area contributed by atoms with Crippen LogP contribution in [-0.2, 0) is 16.6 Å². The highest BCUT2D eigenvalue weighted by atomic mass is 32.2. The molecule has 2 N–H and O–H groups in total. The molecule has 1 saturated heterocycles. The van der Waals surface area contributed by atoms with Crippen LogP contribution >= 0.6 is 0 Å². The van der Waals surface area contributed by atoms with Gasteiger partial charge in [-0.25, -0.2) is 8.42 Å². The van der Waals surface area contributed by atoms with Crippen molar-refractivity contribution in [2.75, 3.05) is 32.4 Å². The van der Waals surface area contributed by atoms with Crippen LogP contribution in [0.15, 0.2) is 42.5 Å². The zero-order valence-corrected chi connectivity index (χ0v) is 17.9. The van der Waals surface area contributed by atoms with Crippen molar-refractivity contribution in [2.24, 2.45) is 0 Å². The van der Waals surface area contributed by atoms with Crippen LogP contribution in [0.1, 0.15) is 11.1 Å². The van der Waals surface area contributed by atoms with E-state index in [1.54, 1.807) is 16.4 Å². The number of nitrogens with zero attached hydrogens (tertiary/aromatic N) is 4. The maximum atomic E-state index is 11.7. The van der Waals surface area contributed by atoms with Gasteiger partial charge in [-0.3, -0.25) is 10.00 Å². The number of sulfonamides is 1. The van der Waals surface area contributed by atoms with Gasteiger partial charge in [0.2, 0.25) is 10.0 Å². The van der Waals surface area contributed by atoms with E-state index in [1.807, 2.05) is 18.2 Å². The Bertz CT molecular complexity index is 1420. The Kier molecular flexibility index (Phi) is 4.78. The third kappa shape index (κ3) is 3.70. The molecule has 1 aliphatic rings. The van der Waals surface area contributed by atoms with Gasteiger partial charge in [-0.05, 0) is 35.9 Å². The highest BCUT2D eigenvalue weighted by molar-refractivity contribution is 7.88. The summed E-state index contributed by atoms with van der Waals surface area (Å²) in [4.78, 5) is 5.76. The van der Waals surface area contributed by atoms with Crippen molar-refractivity contribution in [3.05, 3.63) is 53.6 Å². The van der Waals surface area contributed by atoms with E-state index in [2.05, 4.69) is 38.3 Å². The summed E-state index contributed by atoms with van der Waals surface area (Å²) in [6.45, 7) is 3.24. The molecule has 0 atom stereocenters. The van der Waals surface area contributed by atoms with Crippen LogP contribution in [-0.4, -0.2) is 65.2 Å². The highest BCUT2D eigenvalue weighted by Crippen LogP contribution is 2.31. The molecule has 0 bridgehead atoms. The van der Waals surface area contributed by atoms with Crippen LogP contribution in [0.4, 0.5) is 0 Å². The van der Waals surface area contributed by atoms with E-state index in [4.69, 9.17) is 5.26 Å². The molecular weight excluding hydrogens is 412 g/mol. The van der Waals surface area contributed by atoms with E-state index >= 15 is 0 Å². The third-order valence-electron chi connectivity index (χ3n) is 5.90. The number of nitrogens with one attached hydrogen (secondary N) is 2. The minimum atomic E-state index is -3.13. The van der Waals surface area contributed by atoms with Crippen LogP contribution in [0.25, 0.3) is 33.2 Å². The second-order valence-corrected chi connectivity index (χ2v) is 9.93. The van der Waals surface area contributed by atoms with Gasteiger partial charge in [0.25, 0.3) is 0 Å². The van der Waals surface area contributed by atoms with Gasteiger partial charge in [0.15, 0.2) is 0 Å². The van der Waals surface area contributed by atoms with Crippen LogP contribution in [0.2, 0.25) is 0 Å². The molecule has 2 aromatic heterocycles. The molecule has 158 valence electrons. The van der Waals surface area contributed by atoms with Gasteiger partial charge in [-0.1, -0.05) is 12.1 Å². The maximum Gasteiger partial charge on any atom is 0.211 e. The topological polar surface area (TPSA) is 109 Å². The number of hydrogen-bond acceptors (Lipinski definition) is 5. The van der Waals surface area contributed by atoms with Crippen molar-refractivity contribution in [1.29, 1.82) is 5.26 Å². The molecule has 0 unspecified atom stereocenters. The number of aromatic amines is 2. The van der Waals surface area contributed by atoms with E-state index in [0.717, 1.165) is 39.7 Å². The Morgan fingerprint density at radius 2 is 1.87 bits per heavy atom. The van der Waals surface area contributed by atoms with E-state index in [0.29, 0.717) is 31.7 Å². The molecule has 0 saturated carbocycles. The fraction of sp³-hybridized carbons (Fsp3) is 0.273. The summed E-state index contributed by atoms with van der Waals surface area (Å²) < 4.78 is 25.0. The first-order valence-electron chi connectivity index (χ1n) is 10.1. The number of benzene rings is 2. The lowest BCUT2D eigenvalue weighted by molar-refractivity contribution is 0.182. The van der Waals surface area contributed by atoms with Gasteiger partial charge in [0.05, 0.1) is 29.1 Å². The van der Waals surface area contributed by atoms with Gasteiger partial charge in [0.1, 0.15) is 5.69 Å². The third-order valence-corrected chi connectivity index (χ3v) is 7.20. The van der Waals surface area contributed by atoms with Crippen molar-refractivity contribution in [3.8, 4) is 17.5 Å². The minimum absolute atomic E-state index is 0.525. The first-order valence-corrected chi connectivity index (χ1v) is 11.9. The molecule has 4 aromatic rings. The van der Waals surface area contributed by atoms with E-state index in [-0.39, 0.29) is 0 Å². The van der Waals surface area contributed by atoms with E-state index in [9.17, 15) is 8.42 Å². The molecule has 0 aliphatic carbocycles. The maximum absolute atomic E-state index is 11.7. The predicted molar refractivity (Wildman–Crippen MR) is 120 cm³/mol.